The molecule has 2 aromatic rings. The van der Waals surface area contributed by atoms with Gasteiger partial charge in [0.1, 0.15) is 0 Å². The largest absolute Gasteiger partial charge is 0.493 e. The lowest BCUT2D eigenvalue weighted by molar-refractivity contribution is -0.136. The number of hydrogen-bond acceptors (Lipinski definition) is 6. The lowest BCUT2D eigenvalue weighted by Crippen LogP contribution is -2.36. The van der Waals surface area contributed by atoms with Crippen LogP contribution in [0.15, 0.2) is 69.5 Å². The second-order valence-corrected chi connectivity index (χ2v) is 9.09. The number of esters is 1. The maximum atomic E-state index is 13.6. The number of methoxy groups -OCH3 is 3. The maximum absolute atomic E-state index is 13.6. The van der Waals surface area contributed by atoms with Gasteiger partial charge in [0.25, 0.3) is 0 Å². The number of dihydropyridines is 1. The quantitative estimate of drug-likeness (QED) is 0.569. The molecule has 4 rings (SSSR count). The Hall–Kier alpha value is -3.06. The van der Waals surface area contributed by atoms with E-state index in [0.717, 1.165) is 21.3 Å². The van der Waals surface area contributed by atoms with Gasteiger partial charge in [-0.15, -0.1) is 0 Å². The van der Waals surface area contributed by atoms with Crippen molar-refractivity contribution in [3.63, 3.8) is 0 Å². The molecule has 1 N–H and O–H groups in total. The van der Waals surface area contributed by atoms with Gasteiger partial charge in [-0.3, -0.25) is 4.79 Å². The van der Waals surface area contributed by atoms with Crippen molar-refractivity contribution in [3.05, 3.63) is 80.6 Å². The summed E-state index contributed by atoms with van der Waals surface area (Å²) in [4.78, 5) is 26.3. The highest BCUT2D eigenvalue weighted by atomic mass is 79.9. The van der Waals surface area contributed by atoms with E-state index in [1.165, 1.54) is 7.11 Å². The minimum Gasteiger partial charge on any atom is -0.493 e. The Morgan fingerprint density at radius 2 is 1.76 bits per heavy atom. The van der Waals surface area contributed by atoms with Gasteiger partial charge in [0, 0.05) is 33.8 Å². The average Bonchev–Trinajstić information content (AvgIpc) is 2.82. The second-order valence-electron chi connectivity index (χ2n) is 8.18. The Morgan fingerprint density at radius 3 is 2.42 bits per heavy atom. The zero-order valence-electron chi connectivity index (χ0n) is 19.0. The molecule has 0 aromatic heterocycles. The molecule has 172 valence electrons. The Bertz CT molecular complexity index is 1180. The average molecular weight is 512 g/mol. The molecule has 2 aliphatic rings. The van der Waals surface area contributed by atoms with Crippen molar-refractivity contribution in [1.29, 1.82) is 0 Å². The summed E-state index contributed by atoms with van der Waals surface area (Å²) in [5.41, 5.74) is 4.53. The van der Waals surface area contributed by atoms with Crippen LogP contribution in [0.25, 0.3) is 0 Å². The lowest BCUT2D eigenvalue weighted by atomic mass is 9.71. The van der Waals surface area contributed by atoms with Crippen molar-refractivity contribution in [2.45, 2.75) is 31.6 Å². The first-order chi connectivity index (χ1) is 15.9. The summed E-state index contributed by atoms with van der Waals surface area (Å²) in [7, 11) is 4.56. The minimum atomic E-state index is -0.481. The third-order valence-corrected chi connectivity index (χ3v) is 6.79. The first kappa shape index (κ1) is 23.1. The van der Waals surface area contributed by atoms with E-state index in [4.69, 9.17) is 14.2 Å². The Labute approximate surface area is 201 Å². The van der Waals surface area contributed by atoms with E-state index in [1.807, 2.05) is 49.4 Å². The number of rotatable bonds is 5. The number of carbonyl (C=O) groups is 2. The predicted molar refractivity (Wildman–Crippen MR) is 128 cm³/mol. The standard InChI is InChI=1S/C26H26BrNO5/c1-14-23(26(30)33-4)24(16-6-5-7-18(27)10-16)25-19(28-14)11-17(12-20(25)29)15-8-9-21(31-2)22(13-15)32-3/h5-10,13,17,24,28H,11-12H2,1-4H3. The first-order valence-corrected chi connectivity index (χ1v) is 11.5. The summed E-state index contributed by atoms with van der Waals surface area (Å²) in [6.07, 6.45) is 0.987. The van der Waals surface area contributed by atoms with Crippen molar-refractivity contribution < 1.29 is 23.8 Å². The molecule has 0 saturated heterocycles. The highest BCUT2D eigenvalue weighted by Gasteiger charge is 2.41. The van der Waals surface area contributed by atoms with Crippen molar-refractivity contribution in [1.82, 2.24) is 5.32 Å². The van der Waals surface area contributed by atoms with Crippen LogP contribution in [0.5, 0.6) is 11.5 Å². The van der Waals surface area contributed by atoms with Crippen molar-refractivity contribution in [3.8, 4) is 11.5 Å². The number of ketones is 1. The van der Waals surface area contributed by atoms with Gasteiger partial charge in [-0.05, 0) is 54.7 Å². The van der Waals surface area contributed by atoms with Gasteiger partial charge in [0.2, 0.25) is 0 Å². The van der Waals surface area contributed by atoms with Gasteiger partial charge in [-0.1, -0.05) is 34.1 Å². The van der Waals surface area contributed by atoms with E-state index >= 15 is 0 Å². The third-order valence-electron chi connectivity index (χ3n) is 6.29. The molecule has 0 spiro atoms. The predicted octanol–water partition coefficient (Wildman–Crippen LogP) is 5.00. The van der Waals surface area contributed by atoms with Crippen LogP contribution in [0.2, 0.25) is 0 Å². The van der Waals surface area contributed by atoms with Gasteiger partial charge in [0.05, 0.1) is 26.9 Å². The van der Waals surface area contributed by atoms with Crippen molar-refractivity contribution >= 4 is 27.7 Å². The van der Waals surface area contributed by atoms with Gasteiger partial charge in [-0.25, -0.2) is 4.79 Å². The van der Waals surface area contributed by atoms with E-state index in [9.17, 15) is 9.59 Å². The first-order valence-electron chi connectivity index (χ1n) is 10.7. The molecule has 1 heterocycles. The molecule has 2 unspecified atom stereocenters. The summed E-state index contributed by atoms with van der Waals surface area (Å²) in [6.45, 7) is 1.85. The van der Waals surface area contributed by atoms with Crippen molar-refractivity contribution in [2.24, 2.45) is 0 Å². The van der Waals surface area contributed by atoms with E-state index < -0.39 is 11.9 Å². The van der Waals surface area contributed by atoms with E-state index in [2.05, 4.69) is 21.2 Å². The maximum Gasteiger partial charge on any atom is 0.336 e. The van der Waals surface area contributed by atoms with Crippen LogP contribution in [0.4, 0.5) is 0 Å². The number of halogens is 1. The van der Waals surface area contributed by atoms with Crippen LogP contribution in [0.1, 0.15) is 42.7 Å². The molecule has 0 radical (unpaired) electrons. The number of carbonyl (C=O) groups excluding carboxylic acids is 2. The van der Waals surface area contributed by atoms with E-state index in [1.54, 1.807) is 14.2 Å². The molecule has 2 atom stereocenters. The van der Waals surface area contributed by atoms with Gasteiger partial charge in [0.15, 0.2) is 17.3 Å². The van der Waals surface area contributed by atoms with Crippen LogP contribution in [0, 0.1) is 0 Å². The molecule has 0 amide bonds. The number of ether oxygens (including phenoxy) is 3. The molecule has 1 aliphatic carbocycles. The van der Waals surface area contributed by atoms with Crippen LogP contribution in [-0.4, -0.2) is 33.1 Å². The Morgan fingerprint density at radius 1 is 1.00 bits per heavy atom. The lowest BCUT2D eigenvalue weighted by Gasteiger charge is -2.36. The number of Topliss-reactive ketones (excluding diaryl/α,β-unsaturated/α-hetero) is 1. The highest BCUT2D eigenvalue weighted by molar-refractivity contribution is 9.10. The molecule has 2 aromatic carbocycles. The Kier molecular flexibility index (Phi) is 6.61. The SMILES string of the molecule is COC(=O)C1=C(C)NC2=C(C(=O)CC(c3ccc(OC)c(OC)c3)C2)C1c1cccc(Br)c1. The molecular weight excluding hydrogens is 486 g/mol. The summed E-state index contributed by atoms with van der Waals surface area (Å²) in [5.74, 6) is 0.364. The third kappa shape index (κ3) is 4.29. The molecule has 0 bridgehead atoms. The summed E-state index contributed by atoms with van der Waals surface area (Å²) in [5, 5.41) is 3.35. The fourth-order valence-electron chi connectivity index (χ4n) is 4.78. The zero-order valence-corrected chi connectivity index (χ0v) is 20.6. The fourth-order valence-corrected chi connectivity index (χ4v) is 5.20. The smallest absolute Gasteiger partial charge is 0.336 e. The molecule has 33 heavy (non-hydrogen) atoms. The molecule has 1 aliphatic heterocycles. The zero-order chi connectivity index (χ0) is 23.7. The molecule has 0 fully saturated rings. The topological polar surface area (TPSA) is 73.9 Å². The number of nitrogens with one attached hydrogen (secondary N) is 1. The highest BCUT2D eigenvalue weighted by Crippen LogP contribution is 2.46. The normalized spacial score (nSPS) is 20.2. The molecule has 7 heteroatoms. The fraction of sp³-hybridized carbons (Fsp3) is 0.308. The summed E-state index contributed by atoms with van der Waals surface area (Å²) >= 11 is 3.52. The monoisotopic (exact) mass is 511 g/mol. The second kappa shape index (κ2) is 9.43. The van der Waals surface area contributed by atoms with Crippen LogP contribution < -0.4 is 14.8 Å². The van der Waals surface area contributed by atoms with Gasteiger partial charge < -0.3 is 19.5 Å². The van der Waals surface area contributed by atoms with Gasteiger partial charge >= 0.3 is 5.97 Å². The van der Waals surface area contributed by atoms with E-state index in [0.29, 0.717) is 41.2 Å². The minimum absolute atomic E-state index is 0.0146. The number of benzene rings is 2. The van der Waals surface area contributed by atoms with E-state index in [-0.39, 0.29) is 11.7 Å². The summed E-state index contributed by atoms with van der Waals surface area (Å²) in [6, 6.07) is 13.5. The Balaban J connectivity index is 1.78. The van der Waals surface area contributed by atoms with Gasteiger partial charge in [-0.2, -0.15) is 0 Å². The molecule has 0 saturated carbocycles. The molecule has 6 nitrogen and oxygen atoms in total. The molecular formula is C26H26BrNO5. The van der Waals surface area contributed by atoms with Crippen molar-refractivity contribution in [2.75, 3.05) is 21.3 Å². The summed E-state index contributed by atoms with van der Waals surface area (Å²) < 4.78 is 16.8. The number of hydrogen-bond donors (Lipinski definition) is 1. The van der Waals surface area contributed by atoms with Crippen LogP contribution >= 0.6 is 15.9 Å². The van der Waals surface area contributed by atoms with Crippen LogP contribution in [-0.2, 0) is 14.3 Å². The van der Waals surface area contributed by atoms with Crippen LogP contribution in [0.3, 0.4) is 0 Å². The number of allylic oxidation sites excluding steroid dienone is 3.